The Morgan fingerprint density at radius 3 is 1.21 bits per heavy atom. The highest BCUT2D eigenvalue weighted by Crippen LogP contribution is 2.14. The molecule has 0 saturated heterocycles. The van der Waals surface area contributed by atoms with Crippen LogP contribution in [0.25, 0.3) is 0 Å². The van der Waals surface area contributed by atoms with Crippen molar-refractivity contribution in [3.63, 3.8) is 0 Å². The predicted octanol–water partition coefficient (Wildman–Crippen LogP) is -5.01. The summed E-state index contributed by atoms with van der Waals surface area (Å²) in [6, 6.07) is 0. The molecule has 0 bridgehead atoms. The average Bonchev–Trinajstić information content (AvgIpc) is 2.15. The predicted molar refractivity (Wildman–Crippen MR) is 44.5 cm³/mol. The van der Waals surface area contributed by atoms with E-state index in [0.717, 1.165) is 0 Å². The summed E-state index contributed by atoms with van der Waals surface area (Å²) in [5, 5.41) is 53.6. The summed E-state index contributed by atoms with van der Waals surface area (Å²) >= 11 is 0. The maximum Gasteiger partial charge on any atom is 0.165 e. The number of hydrogen-bond acceptors (Lipinski definition) is 8. The van der Waals surface area contributed by atoms with Crippen molar-refractivity contribution in [2.24, 2.45) is 11.5 Å². The van der Waals surface area contributed by atoms with Gasteiger partial charge in [0.05, 0.1) is 13.2 Å². The number of hydrogen-bond donors (Lipinski definition) is 8. The highest BCUT2D eigenvalue weighted by molar-refractivity contribution is 4.93. The van der Waals surface area contributed by atoms with Crippen LogP contribution in [0.4, 0.5) is 0 Å². The van der Waals surface area contributed by atoms with Gasteiger partial charge in [0.15, 0.2) is 11.4 Å². The van der Waals surface area contributed by atoms with E-state index >= 15 is 0 Å². The summed E-state index contributed by atoms with van der Waals surface area (Å²) in [6.45, 7) is -2.10. The molecule has 0 aromatic rings. The lowest BCUT2D eigenvalue weighted by Gasteiger charge is -2.36. The summed E-state index contributed by atoms with van der Waals surface area (Å²) in [7, 11) is 0. The van der Waals surface area contributed by atoms with Crippen molar-refractivity contribution in [3.8, 4) is 0 Å². The highest BCUT2D eigenvalue weighted by atomic mass is 16.4. The molecular formula is C6H16N2O6. The summed E-state index contributed by atoms with van der Waals surface area (Å²) in [5.74, 6) is 0. The maximum atomic E-state index is 9.18. The van der Waals surface area contributed by atoms with Gasteiger partial charge in [-0.3, -0.25) is 11.5 Å². The van der Waals surface area contributed by atoms with Crippen molar-refractivity contribution < 1.29 is 30.6 Å². The normalized spacial score (nSPS) is 24.9. The molecule has 14 heavy (non-hydrogen) atoms. The van der Waals surface area contributed by atoms with Crippen molar-refractivity contribution >= 4 is 0 Å². The molecule has 0 aliphatic rings. The van der Waals surface area contributed by atoms with Gasteiger partial charge in [0.25, 0.3) is 0 Å². The zero-order chi connectivity index (χ0) is 11.6. The van der Waals surface area contributed by atoms with E-state index in [1.54, 1.807) is 0 Å². The molecule has 4 atom stereocenters. The molecule has 0 heterocycles. The van der Waals surface area contributed by atoms with Gasteiger partial charge in [-0.2, -0.15) is 0 Å². The molecule has 0 spiro atoms. The highest BCUT2D eigenvalue weighted by Gasteiger charge is 2.44. The first-order chi connectivity index (χ1) is 6.19. The van der Waals surface area contributed by atoms with Crippen LogP contribution in [0.2, 0.25) is 0 Å². The molecule has 0 aliphatic carbocycles. The van der Waals surface area contributed by atoms with Crippen LogP contribution in [0.1, 0.15) is 0 Å². The van der Waals surface area contributed by atoms with E-state index in [0.29, 0.717) is 0 Å². The minimum absolute atomic E-state index is 1.05. The SMILES string of the molecule is N[C@](O)(CO)[C@H](O)[C@H](O)[C@](N)(O)CO. The second-order valence-electron chi connectivity index (χ2n) is 3.19. The molecule has 0 aliphatic heterocycles. The Morgan fingerprint density at radius 1 is 0.857 bits per heavy atom. The van der Waals surface area contributed by atoms with Crippen LogP contribution in [-0.4, -0.2) is 67.5 Å². The van der Waals surface area contributed by atoms with E-state index < -0.39 is 36.9 Å². The zero-order valence-corrected chi connectivity index (χ0v) is 7.41. The van der Waals surface area contributed by atoms with Crippen LogP contribution < -0.4 is 11.5 Å². The number of rotatable bonds is 5. The summed E-state index contributed by atoms with van der Waals surface area (Å²) in [4.78, 5) is 0. The first kappa shape index (κ1) is 13.7. The molecule has 0 aromatic heterocycles. The fourth-order valence-corrected chi connectivity index (χ4v) is 0.734. The third-order valence-electron chi connectivity index (χ3n) is 1.83. The smallest absolute Gasteiger partial charge is 0.165 e. The average molecular weight is 212 g/mol. The van der Waals surface area contributed by atoms with Gasteiger partial charge in [0.1, 0.15) is 12.2 Å². The van der Waals surface area contributed by atoms with Crippen molar-refractivity contribution in [2.45, 2.75) is 23.7 Å². The summed E-state index contributed by atoms with van der Waals surface area (Å²) in [6.07, 6.45) is -4.20. The minimum atomic E-state index is -2.51. The van der Waals surface area contributed by atoms with Crippen LogP contribution in [0.15, 0.2) is 0 Å². The third kappa shape index (κ3) is 2.83. The van der Waals surface area contributed by atoms with Gasteiger partial charge < -0.3 is 30.6 Å². The Hall–Kier alpha value is -0.320. The first-order valence-electron chi connectivity index (χ1n) is 3.79. The lowest BCUT2D eigenvalue weighted by atomic mass is 9.95. The monoisotopic (exact) mass is 212 g/mol. The standard InChI is InChI=1S/C6H16N2O6/c7-5(13,1-9)3(11)4(12)6(8,14)2-10/h3-4,9-14H,1-2,7-8H2/t3-,4+,5+,6-. The Bertz CT molecular complexity index is 165. The quantitative estimate of drug-likeness (QED) is 0.209. The summed E-state index contributed by atoms with van der Waals surface area (Å²) < 4.78 is 0. The third-order valence-corrected chi connectivity index (χ3v) is 1.83. The minimum Gasteiger partial charge on any atom is -0.392 e. The van der Waals surface area contributed by atoms with Gasteiger partial charge in [0.2, 0.25) is 0 Å². The molecule has 0 aromatic carbocycles. The van der Waals surface area contributed by atoms with Crippen molar-refractivity contribution in [3.05, 3.63) is 0 Å². The Balaban J connectivity index is 4.62. The van der Waals surface area contributed by atoms with Crippen molar-refractivity contribution in [1.29, 1.82) is 0 Å². The van der Waals surface area contributed by atoms with Gasteiger partial charge in [-0.25, -0.2) is 0 Å². The van der Waals surface area contributed by atoms with Crippen LogP contribution in [0.3, 0.4) is 0 Å². The van der Waals surface area contributed by atoms with E-state index in [-0.39, 0.29) is 0 Å². The Kier molecular flexibility index (Phi) is 4.36. The van der Waals surface area contributed by atoms with Crippen LogP contribution in [0.5, 0.6) is 0 Å². The fourth-order valence-electron chi connectivity index (χ4n) is 0.734. The molecule has 0 saturated carbocycles. The van der Waals surface area contributed by atoms with E-state index in [1.165, 1.54) is 0 Å². The molecular weight excluding hydrogens is 196 g/mol. The lowest BCUT2D eigenvalue weighted by Crippen LogP contribution is -2.67. The number of nitrogens with two attached hydrogens (primary N) is 2. The second-order valence-corrected chi connectivity index (χ2v) is 3.19. The molecule has 86 valence electrons. The lowest BCUT2D eigenvalue weighted by molar-refractivity contribution is -0.200. The molecule has 0 rings (SSSR count). The Morgan fingerprint density at radius 2 is 1.07 bits per heavy atom. The molecule has 10 N–H and O–H groups in total. The number of aliphatic hydroxyl groups excluding tert-OH is 4. The van der Waals surface area contributed by atoms with E-state index in [4.69, 9.17) is 31.9 Å². The molecule has 8 heteroatoms. The van der Waals surface area contributed by atoms with Crippen molar-refractivity contribution in [1.82, 2.24) is 0 Å². The maximum absolute atomic E-state index is 9.18. The van der Waals surface area contributed by atoms with E-state index in [9.17, 15) is 10.2 Å². The van der Waals surface area contributed by atoms with E-state index in [2.05, 4.69) is 0 Å². The Labute approximate surface area is 80.0 Å². The fraction of sp³-hybridized carbons (Fsp3) is 1.00. The second kappa shape index (κ2) is 4.47. The topological polar surface area (TPSA) is 173 Å². The zero-order valence-electron chi connectivity index (χ0n) is 7.41. The van der Waals surface area contributed by atoms with E-state index in [1.807, 2.05) is 0 Å². The first-order valence-corrected chi connectivity index (χ1v) is 3.79. The summed E-state index contributed by atoms with van der Waals surface area (Å²) in [5.41, 5.74) is 4.89. The molecule has 0 amide bonds. The number of aliphatic hydroxyl groups is 6. The van der Waals surface area contributed by atoms with Gasteiger partial charge in [0, 0.05) is 0 Å². The van der Waals surface area contributed by atoms with Crippen LogP contribution >= 0.6 is 0 Å². The molecule has 0 radical (unpaired) electrons. The van der Waals surface area contributed by atoms with Crippen LogP contribution in [-0.2, 0) is 0 Å². The molecule has 0 fully saturated rings. The van der Waals surface area contributed by atoms with Crippen molar-refractivity contribution in [2.75, 3.05) is 13.2 Å². The van der Waals surface area contributed by atoms with Gasteiger partial charge >= 0.3 is 0 Å². The molecule has 0 unspecified atom stereocenters. The van der Waals surface area contributed by atoms with Gasteiger partial charge in [-0.1, -0.05) is 0 Å². The molecule has 8 nitrogen and oxygen atoms in total. The van der Waals surface area contributed by atoms with Gasteiger partial charge in [-0.15, -0.1) is 0 Å². The van der Waals surface area contributed by atoms with Crippen LogP contribution in [0, 0.1) is 0 Å². The van der Waals surface area contributed by atoms with Gasteiger partial charge in [-0.05, 0) is 0 Å². The largest absolute Gasteiger partial charge is 0.392 e.